The van der Waals surface area contributed by atoms with Crippen LogP contribution in [-0.4, -0.2) is 29.8 Å². The first-order valence-electron chi connectivity index (χ1n) is 43.2. The van der Waals surface area contributed by atoms with Gasteiger partial charge in [-0.25, -0.2) is 0 Å². The number of rotatable bonds is 75. The van der Waals surface area contributed by atoms with Gasteiger partial charge >= 0.3 is 22.4 Å². The number of hydrogen-bond donors (Lipinski definition) is 0. The first-order valence-corrected chi connectivity index (χ1v) is 43.2. The van der Waals surface area contributed by atoms with Crippen molar-refractivity contribution >= 4 is 29.8 Å². The Morgan fingerprint density at radius 3 is 0.317 bits per heavy atom. The zero-order valence-corrected chi connectivity index (χ0v) is 69.5. The minimum Gasteiger partial charge on any atom is -0.545 e. The van der Waals surface area contributed by atoms with Crippen LogP contribution in [0.15, 0.2) is 60.8 Å². The monoisotopic (exact) mass is 1500 g/mol. The molecule has 0 aliphatic rings. The van der Waals surface area contributed by atoms with Crippen molar-refractivity contribution in [1.82, 2.24) is 0 Å². The normalized spacial score (nSPS) is 11.1. The van der Waals surface area contributed by atoms with Gasteiger partial charge in [0.1, 0.15) is 0 Å². The van der Waals surface area contributed by atoms with Crippen LogP contribution in [0.3, 0.4) is 0 Å². The first kappa shape index (κ1) is 109. The van der Waals surface area contributed by atoms with Gasteiger partial charge in [-0.15, -0.1) is 0 Å². The van der Waals surface area contributed by atoms with Crippen LogP contribution in [0.4, 0.5) is 0 Å². The van der Waals surface area contributed by atoms with Gasteiger partial charge in [-0.3, -0.25) is 0 Å². The van der Waals surface area contributed by atoms with Crippen molar-refractivity contribution in [3.8, 4) is 0 Å². The Bertz CT molecular complexity index is 1470. The Balaban J connectivity index is -0.000000279. The second-order valence-electron chi connectivity index (χ2n) is 28.8. The van der Waals surface area contributed by atoms with Gasteiger partial charge in [-0.05, 0) is 94.6 Å². The van der Waals surface area contributed by atoms with E-state index in [2.05, 4.69) is 34.6 Å². The van der Waals surface area contributed by atoms with Crippen molar-refractivity contribution < 1.29 is 71.9 Å². The van der Waals surface area contributed by atoms with Crippen LogP contribution in [0.1, 0.15) is 484 Å². The molecule has 10 nitrogen and oxygen atoms in total. The Hall–Kier alpha value is -3.21. The molecule has 0 spiro atoms. The fraction of sp³-hybridized carbons (Fsp3) is 0.833. The minimum absolute atomic E-state index is 0. The molecule has 0 unspecified atom stereocenters. The van der Waals surface area contributed by atoms with Crippen LogP contribution in [0.5, 0.6) is 0 Å². The molecule has 0 saturated carbocycles. The van der Waals surface area contributed by atoms with Gasteiger partial charge in [-0.2, -0.15) is 0 Å². The zero-order chi connectivity index (χ0) is 74.5. The molecular weight excluding hydrogens is 1330 g/mol. The summed E-state index contributed by atoms with van der Waals surface area (Å²) in [6.07, 6.45) is 106. The maximum absolute atomic E-state index is 10.1. The third kappa shape index (κ3) is 130. The summed E-state index contributed by atoms with van der Waals surface area (Å²) in [4.78, 5) is 50.7. The molecule has 0 aliphatic heterocycles. The number of carbonyl (C=O) groups is 5. The molecule has 0 bridgehead atoms. The second-order valence-corrected chi connectivity index (χ2v) is 28.8. The summed E-state index contributed by atoms with van der Waals surface area (Å²) in [6.45, 7) is 11.3. The van der Waals surface area contributed by atoms with Crippen molar-refractivity contribution in [3.63, 3.8) is 0 Å². The summed E-state index contributed by atoms with van der Waals surface area (Å²) >= 11 is 0. The van der Waals surface area contributed by atoms with Crippen molar-refractivity contribution in [3.05, 3.63) is 60.8 Å². The first-order chi connectivity index (χ1) is 48.9. The van der Waals surface area contributed by atoms with Crippen molar-refractivity contribution in [2.45, 2.75) is 484 Å². The molecule has 0 radical (unpaired) electrons. The van der Waals surface area contributed by atoms with Crippen molar-refractivity contribution in [2.75, 3.05) is 0 Å². The molecule has 0 aromatic rings. The van der Waals surface area contributed by atoms with E-state index >= 15 is 0 Å². The molecule has 590 valence electrons. The molecule has 0 aliphatic carbocycles. The maximum atomic E-state index is 10.1. The third-order valence-electron chi connectivity index (χ3n) is 18.6. The predicted octanol–water partition coefficient (Wildman–Crippen LogP) is 23.9. The second kappa shape index (κ2) is 105. The molecule has 0 amide bonds. The summed E-state index contributed by atoms with van der Waals surface area (Å²) in [5.74, 6) is -5.42. The van der Waals surface area contributed by atoms with Crippen LogP contribution in [0, 0.1) is 0 Å². The summed E-state index contributed by atoms with van der Waals surface area (Å²) < 4.78 is 0. The summed E-state index contributed by atoms with van der Waals surface area (Å²) in [7, 11) is 0. The zero-order valence-electron chi connectivity index (χ0n) is 67.3. The number of carboxylic acid groups (broad SMARTS) is 5. The molecule has 0 atom stereocenters. The van der Waals surface area contributed by atoms with E-state index in [1.54, 1.807) is 30.4 Å². The van der Waals surface area contributed by atoms with E-state index in [9.17, 15) is 49.5 Å². The van der Waals surface area contributed by atoms with E-state index in [4.69, 9.17) is 0 Å². The van der Waals surface area contributed by atoms with Gasteiger partial charge in [0, 0.05) is 0 Å². The third-order valence-corrected chi connectivity index (χ3v) is 18.6. The molecular formula is C90H165NbO10. The molecule has 0 heterocycles. The minimum atomic E-state index is -1.08. The summed E-state index contributed by atoms with van der Waals surface area (Å²) in [5, 5.41) is 50.7. The van der Waals surface area contributed by atoms with Gasteiger partial charge in [0.05, 0.1) is 29.8 Å². The molecule has 0 fully saturated rings. The number of aliphatic carboxylic acids is 5. The molecule has 0 rings (SSSR count). The standard InChI is InChI=1S/5C18H34O2.Nb/c5*1-2-3-4-5-6-7-8-9-10-11-12-13-14-15-16-17-18(19)20;/h5*16-17H,2-15H2,1H3,(H,19,20);/q;;;;;+5/p-5. The molecule has 0 aromatic carbocycles. The molecule has 0 N–H and O–H groups in total. The number of allylic oxidation sites excluding steroid dienone is 5. The maximum Gasteiger partial charge on any atom is 5.00 e. The fourth-order valence-corrected chi connectivity index (χ4v) is 12.3. The van der Waals surface area contributed by atoms with E-state index in [1.807, 2.05) is 0 Å². The Morgan fingerprint density at radius 1 is 0.158 bits per heavy atom. The van der Waals surface area contributed by atoms with E-state index in [-0.39, 0.29) is 22.4 Å². The van der Waals surface area contributed by atoms with E-state index in [1.165, 1.54) is 385 Å². The molecule has 101 heavy (non-hydrogen) atoms. The van der Waals surface area contributed by atoms with Crippen LogP contribution < -0.4 is 25.5 Å². The molecule has 0 aromatic heterocycles. The molecule has 0 saturated heterocycles. The quantitative estimate of drug-likeness (QED) is 0.0320. The van der Waals surface area contributed by atoms with E-state index in [0.717, 1.165) is 94.6 Å². The number of carboxylic acids is 5. The van der Waals surface area contributed by atoms with Gasteiger partial charge in [0.2, 0.25) is 0 Å². The largest absolute Gasteiger partial charge is 5.00 e. The number of carbonyl (C=O) groups excluding carboxylic acids is 5. The van der Waals surface area contributed by atoms with E-state index in [0.29, 0.717) is 0 Å². The van der Waals surface area contributed by atoms with Gasteiger partial charge in [-0.1, -0.05) is 450 Å². The smallest absolute Gasteiger partial charge is 0.545 e. The van der Waals surface area contributed by atoms with E-state index < -0.39 is 29.8 Å². The van der Waals surface area contributed by atoms with Crippen molar-refractivity contribution in [1.29, 1.82) is 0 Å². The number of hydrogen-bond acceptors (Lipinski definition) is 10. The average molecular weight is 1500 g/mol. The fourth-order valence-electron chi connectivity index (χ4n) is 12.3. The summed E-state index contributed by atoms with van der Waals surface area (Å²) in [5.41, 5.74) is 0. The Morgan fingerprint density at radius 2 is 0.238 bits per heavy atom. The summed E-state index contributed by atoms with van der Waals surface area (Å²) in [6, 6.07) is 0. The van der Waals surface area contributed by atoms with Gasteiger partial charge in [0.15, 0.2) is 0 Å². The average Bonchev–Trinajstić information content (AvgIpc) is 3.67. The van der Waals surface area contributed by atoms with Gasteiger partial charge in [0.25, 0.3) is 0 Å². The Labute approximate surface area is 642 Å². The van der Waals surface area contributed by atoms with Crippen LogP contribution in [0.2, 0.25) is 0 Å². The SMILES string of the molecule is CCCCCCCCCCCCCCCC=CC(=O)[O-].CCCCCCCCCCCCCCCC=CC(=O)[O-].CCCCCCCCCCCCCCCC=CC(=O)[O-].CCCCCCCCCCCCCCCC=CC(=O)[O-].CCCCCCCCCCCCCCCC=CC(=O)[O-].[Nb+5]. The van der Waals surface area contributed by atoms with Crippen LogP contribution in [0.25, 0.3) is 0 Å². The predicted molar refractivity (Wildman–Crippen MR) is 422 cm³/mol. The molecule has 11 heteroatoms. The number of unbranched alkanes of at least 4 members (excludes halogenated alkanes) is 65. The Kier molecular flexibility index (Phi) is 113. The topological polar surface area (TPSA) is 201 Å². The van der Waals surface area contributed by atoms with Crippen LogP contribution in [-0.2, 0) is 46.4 Å². The van der Waals surface area contributed by atoms with Gasteiger partial charge < -0.3 is 49.5 Å². The van der Waals surface area contributed by atoms with Crippen molar-refractivity contribution in [2.24, 2.45) is 0 Å². The van der Waals surface area contributed by atoms with Crippen LogP contribution >= 0.6 is 0 Å².